The SMILES string of the molecule is Nc1cnc2ccn(O)n12. The van der Waals surface area contributed by atoms with Crippen LogP contribution in [-0.4, -0.2) is 19.6 Å². The quantitative estimate of drug-likeness (QED) is 0.502. The van der Waals surface area contributed by atoms with Gasteiger partial charge in [0, 0.05) is 6.07 Å². The fourth-order valence-electron chi connectivity index (χ4n) is 0.911. The van der Waals surface area contributed by atoms with E-state index in [1.54, 1.807) is 6.07 Å². The van der Waals surface area contributed by atoms with Crippen LogP contribution in [0, 0.1) is 0 Å². The van der Waals surface area contributed by atoms with Gasteiger partial charge in [-0.3, -0.25) is 0 Å². The minimum absolute atomic E-state index is 0.419. The summed E-state index contributed by atoms with van der Waals surface area (Å²) in [7, 11) is 0. The summed E-state index contributed by atoms with van der Waals surface area (Å²) in [6, 6.07) is 1.66. The van der Waals surface area contributed by atoms with Gasteiger partial charge in [0.05, 0.1) is 12.4 Å². The zero-order valence-corrected chi connectivity index (χ0v) is 5.10. The molecule has 0 amide bonds. The summed E-state index contributed by atoms with van der Waals surface area (Å²) >= 11 is 0. The Balaban J connectivity index is 2.98. The molecular formula is C5H6N4O. The molecule has 0 aliphatic carbocycles. The highest BCUT2D eigenvalue weighted by Gasteiger charge is 2.01. The lowest BCUT2D eigenvalue weighted by Gasteiger charge is -1.93. The van der Waals surface area contributed by atoms with Crippen molar-refractivity contribution >= 4 is 11.5 Å². The van der Waals surface area contributed by atoms with Crippen LogP contribution in [0.4, 0.5) is 5.82 Å². The first-order chi connectivity index (χ1) is 4.79. The maximum absolute atomic E-state index is 9.04. The monoisotopic (exact) mass is 138 g/mol. The summed E-state index contributed by atoms with van der Waals surface area (Å²) in [5, 5.41) is 9.04. The van der Waals surface area contributed by atoms with Crippen LogP contribution in [0.15, 0.2) is 18.5 Å². The van der Waals surface area contributed by atoms with Gasteiger partial charge in [0.1, 0.15) is 5.82 Å². The third kappa shape index (κ3) is 0.439. The third-order valence-electron chi connectivity index (χ3n) is 1.35. The Hall–Kier alpha value is -1.65. The van der Waals surface area contributed by atoms with Crippen LogP contribution < -0.4 is 5.73 Å². The molecule has 5 nitrogen and oxygen atoms in total. The average Bonchev–Trinajstić information content (AvgIpc) is 2.40. The van der Waals surface area contributed by atoms with Gasteiger partial charge in [0.25, 0.3) is 0 Å². The molecule has 0 saturated heterocycles. The topological polar surface area (TPSA) is 68.5 Å². The highest BCUT2D eigenvalue weighted by atomic mass is 16.5. The van der Waals surface area contributed by atoms with E-state index < -0.39 is 0 Å². The van der Waals surface area contributed by atoms with Gasteiger partial charge in [0.15, 0.2) is 5.65 Å². The number of imidazole rings is 1. The number of hydrogen-bond acceptors (Lipinski definition) is 3. The van der Waals surface area contributed by atoms with Gasteiger partial charge in [-0.05, 0) is 0 Å². The second-order valence-corrected chi connectivity index (χ2v) is 1.99. The Labute approximate surface area is 56.2 Å². The van der Waals surface area contributed by atoms with Crippen LogP contribution in [0.3, 0.4) is 0 Å². The summed E-state index contributed by atoms with van der Waals surface area (Å²) < 4.78 is 1.39. The highest BCUT2D eigenvalue weighted by molar-refractivity contribution is 5.45. The molecule has 0 fully saturated rings. The molecule has 10 heavy (non-hydrogen) atoms. The molecule has 0 aliphatic heterocycles. The molecule has 0 spiro atoms. The number of rotatable bonds is 0. The Morgan fingerprint density at radius 3 is 3.10 bits per heavy atom. The molecule has 0 aliphatic rings. The lowest BCUT2D eigenvalue weighted by atomic mass is 10.7. The van der Waals surface area contributed by atoms with E-state index in [9.17, 15) is 0 Å². The van der Waals surface area contributed by atoms with Crippen molar-refractivity contribution in [2.45, 2.75) is 0 Å². The molecule has 5 heteroatoms. The van der Waals surface area contributed by atoms with E-state index in [1.165, 1.54) is 16.9 Å². The van der Waals surface area contributed by atoms with Crippen molar-refractivity contribution in [3.05, 3.63) is 18.5 Å². The minimum atomic E-state index is 0.419. The second-order valence-electron chi connectivity index (χ2n) is 1.99. The maximum Gasteiger partial charge on any atom is 0.158 e. The van der Waals surface area contributed by atoms with E-state index in [1.807, 2.05) is 0 Å². The standard InChI is InChI=1S/C5H6N4O/c6-4-3-7-5-1-2-8(10)9(4)5/h1-3,10H,6H2. The average molecular weight is 138 g/mol. The first-order valence-electron chi connectivity index (χ1n) is 2.79. The summed E-state index contributed by atoms with van der Waals surface area (Å²) in [4.78, 5) is 4.78. The molecule has 0 saturated carbocycles. The molecule has 2 aromatic heterocycles. The fourth-order valence-corrected chi connectivity index (χ4v) is 0.911. The summed E-state index contributed by atoms with van der Waals surface area (Å²) in [5.74, 6) is 0.419. The van der Waals surface area contributed by atoms with E-state index in [4.69, 9.17) is 10.9 Å². The Kier molecular flexibility index (Phi) is 0.743. The van der Waals surface area contributed by atoms with Gasteiger partial charge in [0.2, 0.25) is 0 Å². The van der Waals surface area contributed by atoms with Crippen molar-refractivity contribution in [3.8, 4) is 0 Å². The summed E-state index contributed by atoms with van der Waals surface area (Å²) in [6.07, 6.45) is 2.96. The van der Waals surface area contributed by atoms with Crippen LogP contribution >= 0.6 is 0 Å². The lowest BCUT2D eigenvalue weighted by Crippen LogP contribution is -2.02. The van der Waals surface area contributed by atoms with Crippen molar-refractivity contribution in [2.24, 2.45) is 0 Å². The van der Waals surface area contributed by atoms with E-state index in [-0.39, 0.29) is 0 Å². The van der Waals surface area contributed by atoms with Gasteiger partial charge in [-0.15, -0.1) is 4.85 Å². The molecular weight excluding hydrogens is 132 g/mol. The van der Waals surface area contributed by atoms with Gasteiger partial charge >= 0.3 is 0 Å². The molecule has 2 heterocycles. The van der Waals surface area contributed by atoms with Crippen LogP contribution in [0.2, 0.25) is 0 Å². The molecule has 0 unspecified atom stereocenters. The lowest BCUT2D eigenvalue weighted by molar-refractivity contribution is 0.139. The number of nitrogen functional groups attached to an aromatic ring is 1. The predicted molar refractivity (Wildman–Crippen MR) is 34.8 cm³/mol. The first kappa shape index (κ1) is 5.16. The molecule has 0 aromatic carbocycles. The number of nitrogens with two attached hydrogens (primary N) is 1. The van der Waals surface area contributed by atoms with Gasteiger partial charge in [-0.25, -0.2) is 4.98 Å². The number of fused-ring (bicyclic) bond motifs is 1. The first-order valence-corrected chi connectivity index (χ1v) is 2.79. The zero-order chi connectivity index (χ0) is 7.14. The molecule has 2 aromatic rings. The Morgan fingerprint density at radius 2 is 2.40 bits per heavy atom. The van der Waals surface area contributed by atoms with Crippen molar-refractivity contribution in [1.82, 2.24) is 14.3 Å². The van der Waals surface area contributed by atoms with E-state index in [0.717, 1.165) is 4.85 Å². The largest absolute Gasteiger partial charge is 0.413 e. The second kappa shape index (κ2) is 1.44. The molecule has 52 valence electrons. The molecule has 0 radical (unpaired) electrons. The summed E-state index contributed by atoms with van der Waals surface area (Å²) in [6.45, 7) is 0. The number of hydrogen-bond donors (Lipinski definition) is 2. The van der Waals surface area contributed by atoms with Crippen LogP contribution in [0.5, 0.6) is 0 Å². The number of anilines is 1. The molecule has 2 rings (SSSR count). The Morgan fingerprint density at radius 1 is 1.60 bits per heavy atom. The predicted octanol–water partition coefficient (Wildman–Crippen LogP) is -0.0447. The summed E-state index contributed by atoms with van der Waals surface area (Å²) in [5.41, 5.74) is 6.08. The number of aromatic nitrogens is 3. The fraction of sp³-hybridized carbons (Fsp3) is 0. The van der Waals surface area contributed by atoms with Crippen LogP contribution in [0.25, 0.3) is 5.65 Å². The normalized spacial score (nSPS) is 10.8. The van der Waals surface area contributed by atoms with Crippen molar-refractivity contribution < 1.29 is 5.21 Å². The van der Waals surface area contributed by atoms with Crippen LogP contribution in [0.1, 0.15) is 0 Å². The van der Waals surface area contributed by atoms with Crippen molar-refractivity contribution in [3.63, 3.8) is 0 Å². The van der Waals surface area contributed by atoms with Gasteiger partial charge < -0.3 is 10.9 Å². The zero-order valence-electron chi connectivity index (χ0n) is 5.10. The number of nitrogens with zero attached hydrogens (tertiary/aromatic N) is 3. The van der Waals surface area contributed by atoms with Gasteiger partial charge in [-0.2, -0.15) is 4.52 Å². The van der Waals surface area contributed by atoms with Crippen molar-refractivity contribution in [1.29, 1.82) is 0 Å². The maximum atomic E-state index is 9.04. The highest BCUT2D eigenvalue weighted by Crippen LogP contribution is 2.06. The van der Waals surface area contributed by atoms with Crippen molar-refractivity contribution in [2.75, 3.05) is 5.73 Å². The van der Waals surface area contributed by atoms with E-state index in [0.29, 0.717) is 11.5 Å². The minimum Gasteiger partial charge on any atom is -0.413 e. The Bertz CT molecular complexity index is 329. The van der Waals surface area contributed by atoms with E-state index in [2.05, 4.69) is 4.98 Å². The molecule has 0 atom stereocenters. The third-order valence-corrected chi connectivity index (χ3v) is 1.35. The van der Waals surface area contributed by atoms with Gasteiger partial charge in [-0.1, -0.05) is 0 Å². The molecule has 0 bridgehead atoms. The smallest absolute Gasteiger partial charge is 0.158 e. The van der Waals surface area contributed by atoms with E-state index >= 15 is 0 Å². The molecule has 3 N–H and O–H groups in total. The van der Waals surface area contributed by atoms with Crippen LogP contribution in [-0.2, 0) is 0 Å².